The summed E-state index contributed by atoms with van der Waals surface area (Å²) in [6.45, 7) is 10.0. The Kier molecular flexibility index (Phi) is 9.30. The minimum atomic E-state index is 0.123. The van der Waals surface area contributed by atoms with E-state index in [2.05, 4.69) is 38.3 Å². The van der Waals surface area contributed by atoms with Gasteiger partial charge in [-0.25, -0.2) is 0 Å². The van der Waals surface area contributed by atoms with Crippen molar-refractivity contribution >= 4 is 5.91 Å². The fraction of sp³-hybridized carbons (Fsp3) is 0.923. The van der Waals surface area contributed by atoms with Crippen LogP contribution in [0.25, 0.3) is 0 Å². The average molecular weight is 228 g/mol. The fourth-order valence-corrected chi connectivity index (χ4v) is 1.61. The Balaban J connectivity index is 3.43. The van der Waals surface area contributed by atoms with E-state index >= 15 is 0 Å². The smallest absolute Gasteiger partial charge is 0.234 e. The van der Waals surface area contributed by atoms with Crippen molar-refractivity contribution < 1.29 is 4.79 Å². The normalized spacial score (nSPS) is 11.1. The van der Waals surface area contributed by atoms with Crippen molar-refractivity contribution in [3.05, 3.63) is 0 Å². The van der Waals surface area contributed by atoms with E-state index in [1.807, 2.05) is 0 Å². The molecule has 3 nitrogen and oxygen atoms in total. The summed E-state index contributed by atoms with van der Waals surface area (Å²) < 4.78 is 0. The minimum absolute atomic E-state index is 0.123. The molecule has 0 radical (unpaired) electrons. The zero-order valence-electron chi connectivity index (χ0n) is 11.3. The molecule has 0 bridgehead atoms. The first-order valence-corrected chi connectivity index (χ1v) is 6.60. The van der Waals surface area contributed by atoms with Crippen LogP contribution in [0.5, 0.6) is 0 Å². The van der Waals surface area contributed by atoms with Crippen LogP contribution in [0.4, 0.5) is 0 Å². The molecule has 0 saturated heterocycles. The third-order valence-electron chi connectivity index (χ3n) is 2.77. The molecule has 0 aromatic heterocycles. The Hall–Kier alpha value is -0.570. The molecule has 0 aromatic carbocycles. The van der Waals surface area contributed by atoms with Crippen molar-refractivity contribution in [2.45, 2.75) is 59.4 Å². The third kappa shape index (κ3) is 8.72. The number of nitrogens with one attached hydrogen (secondary N) is 2. The van der Waals surface area contributed by atoms with Gasteiger partial charge in [-0.05, 0) is 38.1 Å². The molecule has 0 saturated carbocycles. The Morgan fingerprint density at radius 1 is 1.19 bits per heavy atom. The molecular formula is C13H28N2O. The van der Waals surface area contributed by atoms with Gasteiger partial charge in [0.25, 0.3) is 0 Å². The lowest BCUT2D eigenvalue weighted by molar-refractivity contribution is -0.121. The molecule has 2 N–H and O–H groups in total. The number of hydrogen-bond donors (Lipinski definition) is 2. The number of amides is 1. The minimum Gasteiger partial charge on any atom is -0.352 e. The van der Waals surface area contributed by atoms with Crippen molar-refractivity contribution in [3.63, 3.8) is 0 Å². The van der Waals surface area contributed by atoms with Gasteiger partial charge < -0.3 is 10.6 Å². The highest BCUT2D eigenvalue weighted by Gasteiger charge is 2.07. The van der Waals surface area contributed by atoms with Gasteiger partial charge in [0.1, 0.15) is 0 Å². The molecule has 0 heterocycles. The number of carbonyl (C=O) groups excluding carboxylic acids is 1. The van der Waals surface area contributed by atoms with Crippen molar-refractivity contribution in [2.75, 3.05) is 13.1 Å². The monoisotopic (exact) mass is 228 g/mol. The Morgan fingerprint density at radius 2 is 1.81 bits per heavy atom. The van der Waals surface area contributed by atoms with E-state index in [1.54, 1.807) is 0 Å². The Labute approximate surface area is 100 Å². The zero-order chi connectivity index (χ0) is 12.4. The SMILES string of the molecule is CCC(CC)NC(=O)CNCCCC(C)C. The lowest BCUT2D eigenvalue weighted by Crippen LogP contribution is -2.40. The van der Waals surface area contributed by atoms with E-state index in [0.717, 1.165) is 31.7 Å². The van der Waals surface area contributed by atoms with Gasteiger partial charge in [0, 0.05) is 6.04 Å². The van der Waals surface area contributed by atoms with Crippen LogP contribution in [0.15, 0.2) is 0 Å². The van der Waals surface area contributed by atoms with Crippen LogP contribution in [0.2, 0.25) is 0 Å². The molecule has 0 rings (SSSR count). The summed E-state index contributed by atoms with van der Waals surface area (Å²) in [5, 5.41) is 6.20. The summed E-state index contributed by atoms with van der Waals surface area (Å²) in [5.74, 6) is 0.874. The highest BCUT2D eigenvalue weighted by molar-refractivity contribution is 5.78. The number of carbonyl (C=O) groups is 1. The van der Waals surface area contributed by atoms with Crippen LogP contribution in [0, 0.1) is 5.92 Å². The van der Waals surface area contributed by atoms with Crippen LogP contribution in [0.1, 0.15) is 53.4 Å². The number of rotatable bonds is 9. The van der Waals surface area contributed by atoms with Crippen LogP contribution in [0.3, 0.4) is 0 Å². The van der Waals surface area contributed by atoms with Gasteiger partial charge in [-0.3, -0.25) is 4.79 Å². The van der Waals surface area contributed by atoms with Gasteiger partial charge in [-0.1, -0.05) is 27.7 Å². The van der Waals surface area contributed by atoms with Crippen molar-refractivity contribution in [3.8, 4) is 0 Å². The maximum atomic E-state index is 11.5. The van der Waals surface area contributed by atoms with Crippen molar-refractivity contribution in [2.24, 2.45) is 5.92 Å². The Morgan fingerprint density at radius 3 is 2.31 bits per heavy atom. The van der Waals surface area contributed by atoms with Crippen LogP contribution in [-0.4, -0.2) is 25.0 Å². The largest absolute Gasteiger partial charge is 0.352 e. The zero-order valence-corrected chi connectivity index (χ0v) is 11.3. The van der Waals surface area contributed by atoms with Crippen LogP contribution in [-0.2, 0) is 4.79 Å². The fourth-order valence-electron chi connectivity index (χ4n) is 1.61. The second-order valence-electron chi connectivity index (χ2n) is 4.79. The molecule has 0 aliphatic heterocycles. The van der Waals surface area contributed by atoms with Gasteiger partial charge in [0.05, 0.1) is 6.54 Å². The third-order valence-corrected chi connectivity index (χ3v) is 2.77. The van der Waals surface area contributed by atoms with E-state index < -0.39 is 0 Å². The second kappa shape index (κ2) is 9.64. The van der Waals surface area contributed by atoms with E-state index in [4.69, 9.17) is 0 Å². The molecule has 0 unspecified atom stereocenters. The summed E-state index contributed by atoms with van der Waals surface area (Å²) >= 11 is 0. The summed E-state index contributed by atoms with van der Waals surface area (Å²) in [7, 11) is 0. The van der Waals surface area contributed by atoms with Crippen LogP contribution >= 0.6 is 0 Å². The van der Waals surface area contributed by atoms with Gasteiger partial charge >= 0.3 is 0 Å². The van der Waals surface area contributed by atoms with Gasteiger partial charge in [-0.15, -0.1) is 0 Å². The molecular weight excluding hydrogens is 200 g/mol. The molecule has 0 aliphatic rings. The summed E-state index contributed by atoms with van der Waals surface area (Å²) in [6, 6.07) is 0.338. The first-order valence-electron chi connectivity index (χ1n) is 6.60. The van der Waals surface area contributed by atoms with Gasteiger partial charge in [0.15, 0.2) is 0 Å². The molecule has 0 fully saturated rings. The molecule has 0 spiro atoms. The standard InChI is InChI=1S/C13H28N2O/c1-5-12(6-2)15-13(16)10-14-9-7-8-11(3)4/h11-12,14H,5-10H2,1-4H3,(H,15,16). The molecule has 96 valence electrons. The maximum absolute atomic E-state index is 11.5. The van der Waals surface area contributed by atoms with E-state index in [-0.39, 0.29) is 5.91 Å². The summed E-state index contributed by atoms with van der Waals surface area (Å²) in [4.78, 5) is 11.5. The molecule has 1 amide bonds. The lowest BCUT2D eigenvalue weighted by Gasteiger charge is -2.15. The second-order valence-corrected chi connectivity index (χ2v) is 4.79. The summed E-state index contributed by atoms with van der Waals surface area (Å²) in [6.07, 6.45) is 4.39. The molecule has 0 aromatic rings. The van der Waals surface area contributed by atoms with Crippen molar-refractivity contribution in [1.29, 1.82) is 0 Å². The highest BCUT2D eigenvalue weighted by atomic mass is 16.1. The average Bonchev–Trinajstić information content (AvgIpc) is 2.25. The quantitative estimate of drug-likeness (QED) is 0.595. The Bertz CT molecular complexity index is 177. The maximum Gasteiger partial charge on any atom is 0.234 e. The molecule has 0 atom stereocenters. The van der Waals surface area contributed by atoms with E-state index in [9.17, 15) is 4.79 Å². The van der Waals surface area contributed by atoms with Crippen LogP contribution < -0.4 is 10.6 Å². The summed E-state index contributed by atoms with van der Waals surface area (Å²) in [5.41, 5.74) is 0. The van der Waals surface area contributed by atoms with E-state index in [1.165, 1.54) is 6.42 Å². The van der Waals surface area contributed by atoms with Crippen molar-refractivity contribution in [1.82, 2.24) is 10.6 Å². The molecule has 0 aliphatic carbocycles. The van der Waals surface area contributed by atoms with Gasteiger partial charge in [0.2, 0.25) is 5.91 Å². The van der Waals surface area contributed by atoms with E-state index in [0.29, 0.717) is 12.6 Å². The predicted molar refractivity (Wildman–Crippen MR) is 69.5 cm³/mol. The lowest BCUT2D eigenvalue weighted by atomic mass is 10.1. The van der Waals surface area contributed by atoms with Gasteiger partial charge in [-0.2, -0.15) is 0 Å². The highest BCUT2D eigenvalue weighted by Crippen LogP contribution is 2.01. The molecule has 3 heteroatoms. The first kappa shape index (κ1) is 15.4. The predicted octanol–water partition coefficient (Wildman–Crippen LogP) is 2.32. The molecule has 16 heavy (non-hydrogen) atoms. The number of hydrogen-bond acceptors (Lipinski definition) is 2. The first-order chi connectivity index (χ1) is 7.60. The topological polar surface area (TPSA) is 41.1 Å².